The van der Waals surface area contributed by atoms with E-state index in [9.17, 15) is 9.59 Å². The molecule has 152 valence electrons. The predicted octanol–water partition coefficient (Wildman–Crippen LogP) is 2.97. The molecule has 30 heavy (non-hydrogen) atoms. The Hall–Kier alpha value is -3.48. The minimum atomic E-state index is -0.347. The van der Waals surface area contributed by atoms with Crippen LogP contribution in [0.25, 0.3) is 16.6 Å². The van der Waals surface area contributed by atoms with Gasteiger partial charge in [-0.05, 0) is 55.4 Å². The zero-order valence-electron chi connectivity index (χ0n) is 16.8. The number of rotatable bonds is 3. The average Bonchev–Trinajstić information content (AvgIpc) is 3.20. The molecule has 7 nitrogen and oxygen atoms in total. The number of amides is 1. The largest absolute Gasteiger partial charge is 0.337 e. The molecule has 0 bridgehead atoms. The highest BCUT2D eigenvalue weighted by atomic mass is 16.2. The van der Waals surface area contributed by atoms with Gasteiger partial charge >= 0.3 is 0 Å². The van der Waals surface area contributed by atoms with E-state index in [0.29, 0.717) is 24.5 Å². The molecular weight excluding hydrogens is 378 g/mol. The zero-order valence-corrected chi connectivity index (χ0v) is 16.8. The summed E-state index contributed by atoms with van der Waals surface area (Å²) in [5.74, 6) is 0.337. The van der Waals surface area contributed by atoms with Crippen molar-refractivity contribution in [2.75, 3.05) is 13.1 Å². The first-order valence-electron chi connectivity index (χ1n) is 10.3. The Morgan fingerprint density at radius 1 is 1.13 bits per heavy atom. The number of carbonyl (C=O) groups excluding carboxylic acids is 1. The van der Waals surface area contributed by atoms with Crippen molar-refractivity contribution in [2.24, 2.45) is 5.92 Å². The van der Waals surface area contributed by atoms with Gasteiger partial charge in [0.2, 0.25) is 0 Å². The zero-order chi connectivity index (χ0) is 20.7. The van der Waals surface area contributed by atoms with Crippen LogP contribution in [0.2, 0.25) is 0 Å². The molecule has 1 fully saturated rings. The van der Waals surface area contributed by atoms with Crippen molar-refractivity contribution in [3.63, 3.8) is 0 Å². The number of benzene rings is 2. The van der Waals surface area contributed by atoms with Gasteiger partial charge in [-0.2, -0.15) is 0 Å². The first kappa shape index (κ1) is 18.5. The minimum Gasteiger partial charge on any atom is -0.337 e. The van der Waals surface area contributed by atoms with Crippen LogP contribution >= 0.6 is 0 Å². The third kappa shape index (κ3) is 3.26. The van der Waals surface area contributed by atoms with E-state index in [1.165, 1.54) is 10.1 Å². The van der Waals surface area contributed by atoms with E-state index < -0.39 is 0 Å². The van der Waals surface area contributed by atoms with Crippen molar-refractivity contribution in [2.45, 2.75) is 26.2 Å². The molecule has 1 saturated heterocycles. The summed E-state index contributed by atoms with van der Waals surface area (Å²) in [4.78, 5) is 30.5. The summed E-state index contributed by atoms with van der Waals surface area (Å²) in [5.41, 5.74) is 3.76. The molecule has 1 N–H and O–H groups in total. The highest BCUT2D eigenvalue weighted by Crippen LogP contribution is 2.23. The number of aromatic nitrogens is 4. The second-order valence-electron chi connectivity index (χ2n) is 8.10. The number of carbonyl (C=O) groups is 1. The molecule has 7 heteroatoms. The van der Waals surface area contributed by atoms with E-state index >= 15 is 0 Å². The van der Waals surface area contributed by atoms with Gasteiger partial charge in [0.15, 0.2) is 11.2 Å². The van der Waals surface area contributed by atoms with Crippen LogP contribution in [0.5, 0.6) is 0 Å². The third-order valence-corrected chi connectivity index (χ3v) is 5.99. The topological polar surface area (TPSA) is 83.4 Å². The first-order chi connectivity index (χ1) is 14.6. The number of H-pyrrole nitrogens is 1. The molecule has 5 rings (SSSR count). The van der Waals surface area contributed by atoms with Crippen LogP contribution < -0.4 is 5.56 Å². The van der Waals surface area contributed by atoms with Gasteiger partial charge in [-0.25, -0.2) is 4.52 Å². The van der Waals surface area contributed by atoms with Crippen molar-refractivity contribution in [3.05, 3.63) is 75.7 Å². The number of nitrogens with zero attached hydrogens (tertiary/aromatic N) is 4. The quantitative estimate of drug-likeness (QED) is 0.572. The summed E-state index contributed by atoms with van der Waals surface area (Å²) < 4.78 is 1.48. The van der Waals surface area contributed by atoms with Crippen LogP contribution in [-0.2, 0) is 6.42 Å². The van der Waals surface area contributed by atoms with Crippen LogP contribution in [0.1, 0.15) is 34.5 Å². The lowest BCUT2D eigenvalue weighted by Crippen LogP contribution is -2.39. The molecule has 0 unspecified atom stereocenters. The summed E-state index contributed by atoms with van der Waals surface area (Å²) in [7, 11) is 0. The highest BCUT2D eigenvalue weighted by Gasteiger charge is 2.28. The van der Waals surface area contributed by atoms with Gasteiger partial charge < -0.3 is 9.88 Å². The average molecular weight is 401 g/mol. The van der Waals surface area contributed by atoms with Gasteiger partial charge in [0.1, 0.15) is 0 Å². The van der Waals surface area contributed by atoms with Crippen LogP contribution in [-0.4, -0.2) is 43.7 Å². The molecule has 1 aliphatic heterocycles. The van der Waals surface area contributed by atoms with Gasteiger partial charge in [-0.1, -0.05) is 41.6 Å². The maximum Gasteiger partial charge on any atom is 0.277 e. The van der Waals surface area contributed by atoms with E-state index in [4.69, 9.17) is 0 Å². The Morgan fingerprint density at radius 3 is 2.67 bits per heavy atom. The fourth-order valence-electron chi connectivity index (χ4n) is 4.35. The molecular formula is C23H23N5O2. The smallest absolute Gasteiger partial charge is 0.277 e. The molecule has 0 atom stereocenters. The lowest BCUT2D eigenvalue weighted by molar-refractivity contribution is 0.0686. The standard InChI is InChI=1S/C23H23N5O2/c1-15-7-8-19-18(13-15)24-22(29)21-20(25-26-28(19)21)23(30)27-11-9-17(10-12-27)14-16-5-3-2-4-6-16/h2-8,13,17H,9-12,14H2,1H3,(H,24,29). The van der Waals surface area contributed by atoms with Crippen LogP contribution in [0.15, 0.2) is 53.3 Å². The van der Waals surface area contributed by atoms with Gasteiger partial charge in [0.05, 0.1) is 11.0 Å². The maximum atomic E-state index is 13.1. The van der Waals surface area contributed by atoms with Crippen molar-refractivity contribution in [1.82, 2.24) is 24.7 Å². The number of likely N-dealkylation sites (tertiary alicyclic amines) is 1. The van der Waals surface area contributed by atoms with E-state index in [0.717, 1.165) is 30.3 Å². The fraction of sp³-hybridized carbons (Fsp3) is 0.304. The molecule has 1 amide bonds. The van der Waals surface area contributed by atoms with E-state index in [-0.39, 0.29) is 22.7 Å². The molecule has 4 aromatic rings. The summed E-state index contributed by atoms with van der Waals surface area (Å²) >= 11 is 0. The number of aromatic amines is 1. The summed E-state index contributed by atoms with van der Waals surface area (Å²) in [6.45, 7) is 3.29. The normalized spacial score (nSPS) is 15.2. The van der Waals surface area contributed by atoms with Crippen LogP contribution in [0, 0.1) is 12.8 Å². The highest BCUT2D eigenvalue weighted by molar-refractivity contribution is 5.99. The Morgan fingerprint density at radius 2 is 1.90 bits per heavy atom. The number of hydrogen-bond donors (Lipinski definition) is 1. The molecule has 2 aromatic heterocycles. The monoisotopic (exact) mass is 401 g/mol. The molecule has 0 radical (unpaired) electrons. The van der Waals surface area contributed by atoms with Crippen molar-refractivity contribution >= 4 is 22.5 Å². The van der Waals surface area contributed by atoms with Gasteiger partial charge in [-0.3, -0.25) is 9.59 Å². The summed E-state index contributed by atoms with van der Waals surface area (Å²) in [5, 5.41) is 8.22. The van der Waals surface area contributed by atoms with Crippen molar-refractivity contribution in [3.8, 4) is 0 Å². The summed E-state index contributed by atoms with van der Waals surface area (Å²) in [6.07, 6.45) is 2.92. The van der Waals surface area contributed by atoms with Crippen LogP contribution in [0.4, 0.5) is 0 Å². The predicted molar refractivity (Wildman–Crippen MR) is 115 cm³/mol. The summed E-state index contributed by atoms with van der Waals surface area (Å²) in [6, 6.07) is 16.2. The molecule has 0 aliphatic carbocycles. The van der Waals surface area contributed by atoms with E-state index in [1.54, 1.807) is 4.90 Å². The van der Waals surface area contributed by atoms with E-state index in [1.807, 2.05) is 31.2 Å². The molecule has 0 saturated carbocycles. The Bertz CT molecular complexity index is 1280. The number of aryl methyl sites for hydroxylation is 1. The lowest BCUT2D eigenvalue weighted by Gasteiger charge is -2.31. The van der Waals surface area contributed by atoms with Gasteiger partial charge in [-0.15, -0.1) is 5.10 Å². The fourth-order valence-corrected chi connectivity index (χ4v) is 4.35. The van der Waals surface area contributed by atoms with Crippen molar-refractivity contribution < 1.29 is 4.79 Å². The Labute approximate surface area is 173 Å². The number of fused-ring (bicyclic) bond motifs is 3. The number of piperidine rings is 1. The van der Waals surface area contributed by atoms with Crippen molar-refractivity contribution in [1.29, 1.82) is 0 Å². The third-order valence-electron chi connectivity index (χ3n) is 5.99. The van der Waals surface area contributed by atoms with Crippen LogP contribution in [0.3, 0.4) is 0 Å². The molecule has 1 aliphatic rings. The second kappa shape index (κ2) is 7.40. The Kier molecular flexibility index (Phi) is 4.58. The van der Waals surface area contributed by atoms with Gasteiger partial charge in [0.25, 0.3) is 11.5 Å². The lowest BCUT2D eigenvalue weighted by atomic mass is 9.90. The molecule has 0 spiro atoms. The minimum absolute atomic E-state index is 0.125. The first-order valence-corrected chi connectivity index (χ1v) is 10.3. The Balaban J connectivity index is 1.38. The molecule has 3 heterocycles. The number of hydrogen-bond acceptors (Lipinski definition) is 4. The van der Waals surface area contributed by atoms with E-state index in [2.05, 4.69) is 39.6 Å². The SMILES string of the molecule is Cc1ccc2c(c1)[nH]c(=O)c1c(C(=O)N3CCC(Cc4ccccc4)CC3)nnn12. The van der Waals surface area contributed by atoms with Gasteiger partial charge in [0, 0.05) is 13.1 Å². The second-order valence-corrected chi connectivity index (χ2v) is 8.10. The maximum absolute atomic E-state index is 13.1. The molecule has 2 aromatic carbocycles. The number of nitrogens with one attached hydrogen (secondary N) is 1.